The van der Waals surface area contributed by atoms with Crippen LogP contribution in [0.15, 0.2) is 30.3 Å². The predicted molar refractivity (Wildman–Crippen MR) is 58.5 cm³/mol. The molecule has 5 nitrogen and oxygen atoms in total. The molecule has 16 heavy (non-hydrogen) atoms. The molecule has 2 rings (SSSR count). The number of nitrogens with zero attached hydrogens (tertiary/aromatic N) is 2. The van der Waals surface area contributed by atoms with E-state index in [4.69, 9.17) is 5.73 Å². The summed E-state index contributed by atoms with van der Waals surface area (Å²) in [6, 6.07) is 9.34. The first kappa shape index (κ1) is 10.5. The fourth-order valence-electron chi connectivity index (χ4n) is 1.72. The molecule has 5 heteroatoms. The zero-order valence-electron chi connectivity index (χ0n) is 8.67. The van der Waals surface area contributed by atoms with Crippen LogP contribution in [0.3, 0.4) is 0 Å². The lowest BCUT2D eigenvalue weighted by Crippen LogP contribution is -2.56. The summed E-state index contributed by atoms with van der Waals surface area (Å²) in [5.74, 6) is -0.868. The highest BCUT2D eigenvalue weighted by Gasteiger charge is 2.32. The Kier molecular flexibility index (Phi) is 2.76. The van der Waals surface area contributed by atoms with Gasteiger partial charge >= 0.3 is 0 Å². The van der Waals surface area contributed by atoms with Gasteiger partial charge in [-0.15, -0.1) is 0 Å². The molecule has 1 radical (unpaired) electrons. The predicted octanol–water partition coefficient (Wildman–Crippen LogP) is -0.161. The Balaban J connectivity index is 2.25. The molecule has 1 aromatic carbocycles. The molecule has 1 saturated heterocycles. The van der Waals surface area contributed by atoms with Crippen LogP contribution in [0, 0.1) is 0 Å². The molecule has 83 valence electrons. The van der Waals surface area contributed by atoms with Gasteiger partial charge in [0.15, 0.2) is 0 Å². The van der Waals surface area contributed by atoms with Crippen molar-refractivity contribution in [1.29, 1.82) is 0 Å². The quantitative estimate of drug-likeness (QED) is 0.749. The monoisotopic (exact) mass is 218 g/mol. The number of rotatable bonds is 2. The molecule has 0 spiro atoms. The Bertz CT molecular complexity index is 405. The zero-order chi connectivity index (χ0) is 11.5. The van der Waals surface area contributed by atoms with Gasteiger partial charge in [0.05, 0.1) is 0 Å². The molecule has 2 amide bonds. The molecule has 2 N–H and O–H groups in total. The van der Waals surface area contributed by atoms with Crippen molar-refractivity contribution in [3.05, 3.63) is 30.3 Å². The third-order valence-electron chi connectivity index (χ3n) is 2.47. The number of para-hydroxylation sites is 1. The Labute approximate surface area is 93.2 Å². The molecule has 0 saturated carbocycles. The van der Waals surface area contributed by atoms with Crippen LogP contribution in [0.1, 0.15) is 6.42 Å². The van der Waals surface area contributed by atoms with Gasteiger partial charge in [-0.3, -0.25) is 9.59 Å². The highest BCUT2D eigenvalue weighted by molar-refractivity contribution is 5.90. The molecular weight excluding hydrogens is 206 g/mol. The van der Waals surface area contributed by atoms with Crippen LogP contribution >= 0.6 is 0 Å². The van der Waals surface area contributed by atoms with Crippen molar-refractivity contribution in [3.63, 3.8) is 0 Å². The first-order chi connectivity index (χ1) is 7.68. The van der Waals surface area contributed by atoms with Crippen LogP contribution in [0.25, 0.3) is 0 Å². The van der Waals surface area contributed by atoms with E-state index in [1.54, 1.807) is 4.90 Å². The molecule has 1 aliphatic heterocycles. The Morgan fingerprint density at radius 1 is 1.38 bits per heavy atom. The minimum absolute atomic E-state index is 0.268. The number of nitrogens with two attached hydrogens (primary N) is 1. The minimum Gasteiger partial charge on any atom is -0.366 e. The maximum atomic E-state index is 11.2. The molecule has 0 bridgehead atoms. The normalized spacial score (nSPS) is 20.4. The smallest absolute Gasteiger partial charge is 0.262 e. The van der Waals surface area contributed by atoms with Gasteiger partial charge in [-0.05, 0) is 12.1 Å². The summed E-state index contributed by atoms with van der Waals surface area (Å²) in [4.78, 5) is 24.1. The van der Waals surface area contributed by atoms with Crippen LogP contribution in [-0.4, -0.2) is 24.5 Å². The number of benzene rings is 1. The highest BCUT2D eigenvalue weighted by Crippen LogP contribution is 2.18. The van der Waals surface area contributed by atoms with Gasteiger partial charge in [0, 0.05) is 18.7 Å². The lowest BCUT2D eigenvalue weighted by Gasteiger charge is -2.33. The van der Waals surface area contributed by atoms with Crippen molar-refractivity contribution in [3.8, 4) is 0 Å². The van der Waals surface area contributed by atoms with Gasteiger partial charge in [0.2, 0.25) is 12.1 Å². The Morgan fingerprint density at radius 2 is 2.06 bits per heavy atom. The number of hydrogen-bond acceptors (Lipinski definition) is 3. The average molecular weight is 218 g/mol. The SMILES string of the molecule is NC(=O)C1[N]C(=O)CCN1c1ccccc1. The largest absolute Gasteiger partial charge is 0.366 e. The van der Waals surface area contributed by atoms with Crippen molar-refractivity contribution < 1.29 is 9.59 Å². The van der Waals surface area contributed by atoms with E-state index in [1.165, 1.54) is 0 Å². The fourth-order valence-corrected chi connectivity index (χ4v) is 1.72. The summed E-state index contributed by atoms with van der Waals surface area (Å²) >= 11 is 0. The molecule has 1 unspecified atom stereocenters. The summed E-state index contributed by atoms with van der Waals surface area (Å²) in [5.41, 5.74) is 6.08. The second-order valence-corrected chi connectivity index (χ2v) is 3.58. The molecular formula is C11H12N3O2. The fraction of sp³-hybridized carbons (Fsp3) is 0.273. The van der Waals surface area contributed by atoms with Gasteiger partial charge in [0.25, 0.3) is 5.91 Å². The number of amides is 2. The van der Waals surface area contributed by atoms with Crippen LogP contribution in [0.2, 0.25) is 0 Å². The van der Waals surface area contributed by atoms with E-state index in [0.29, 0.717) is 13.0 Å². The van der Waals surface area contributed by atoms with Gasteiger partial charge in [-0.2, -0.15) is 0 Å². The lowest BCUT2D eigenvalue weighted by atomic mass is 10.2. The van der Waals surface area contributed by atoms with E-state index in [0.717, 1.165) is 5.69 Å². The number of hydrogen-bond donors (Lipinski definition) is 1. The maximum Gasteiger partial charge on any atom is 0.262 e. The highest BCUT2D eigenvalue weighted by atomic mass is 16.2. The van der Waals surface area contributed by atoms with Gasteiger partial charge in [-0.1, -0.05) is 18.2 Å². The first-order valence-electron chi connectivity index (χ1n) is 5.03. The molecule has 0 aliphatic carbocycles. The molecule has 1 aromatic rings. The number of carbonyl (C=O) groups excluding carboxylic acids is 2. The van der Waals surface area contributed by atoms with Crippen molar-refractivity contribution in [2.75, 3.05) is 11.4 Å². The minimum atomic E-state index is -0.872. The van der Waals surface area contributed by atoms with Crippen molar-refractivity contribution in [2.45, 2.75) is 12.6 Å². The van der Waals surface area contributed by atoms with Crippen molar-refractivity contribution in [1.82, 2.24) is 5.32 Å². The van der Waals surface area contributed by atoms with Gasteiger partial charge in [0.1, 0.15) is 0 Å². The van der Waals surface area contributed by atoms with E-state index in [9.17, 15) is 9.59 Å². The van der Waals surface area contributed by atoms with Crippen LogP contribution in [0.5, 0.6) is 0 Å². The topological polar surface area (TPSA) is 77.5 Å². The Morgan fingerprint density at radius 3 is 2.69 bits per heavy atom. The van der Waals surface area contributed by atoms with E-state index in [1.807, 2.05) is 30.3 Å². The zero-order valence-corrected chi connectivity index (χ0v) is 8.67. The standard InChI is InChI=1S/C11H12N3O2/c12-10(16)11-13-9(15)6-7-14(11)8-4-2-1-3-5-8/h1-5,11H,6-7H2,(H2,12,16). The lowest BCUT2D eigenvalue weighted by molar-refractivity contribution is -0.129. The van der Waals surface area contributed by atoms with Gasteiger partial charge in [-0.25, -0.2) is 5.32 Å². The van der Waals surface area contributed by atoms with Crippen molar-refractivity contribution in [2.24, 2.45) is 5.73 Å². The molecule has 1 heterocycles. The average Bonchev–Trinajstić information content (AvgIpc) is 2.30. The number of carbonyl (C=O) groups is 2. The summed E-state index contributed by atoms with van der Waals surface area (Å²) < 4.78 is 0. The van der Waals surface area contributed by atoms with Crippen LogP contribution < -0.4 is 16.0 Å². The second-order valence-electron chi connectivity index (χ2n) is 3.58. The number of primary amides is 1. The van der Waals surface area contributed by atoms with Crippen LogP contribution in [-0.2, 0) is 9.59 Å². The van der Waals surface area contributed by atoms with E-state index in [2.05, 4.69) is 5.32 Å². The summed E-state index contributed by atoms with van der Waals surface area (Å²) in [6.45, 7) is 0.472. The Hall–Kier alpha value is -2.04. The number of anilines is 1. The summed E-state index contributed by atoms with van der Waals surface area (Å²) in [6.07, 6.45) is -0.553. The molecule has 0 aromatic heterocycles. The summed E-state index contributed by atoms with van der Waals surface area (Å²) in [5, 5.41) is 3.75. The second kappa shape index (κ2) is 4.22. The third kappa shape index (κ3) is 1.98. The van der Waals surface area contributed by atoms with Crippen LogP contribution in [0.4, 0.5) is 5.69 Å². The molecule has 1 aliphatic rings. The first-order valence-corrected chi connectivity index (χ1v) is 5.03. The molecule has 1 fully saturated rings. The van der Waals surface area contributed by atoms with Crippen molar-refractivity contribution >= 4 is 17.5 Å². The summed E-state index contributed by atoms with van der Waals surface area (Å²) in [7, 11) is 0. The van der Waals surface area contributed by atoms with E-state index < -0.39 is 12.1 Å². The van der Waals surface area contributed by atoms with E-state index in [-0.39, 0.29) is 5.91 Å². The van der Waals surface area contributed by atoms with Gasteiger partial charge < -0.3 is 10.6 Å². The molecule has 1 atom stereocenters. The van der Waals surface area contributed by atoms with E-state index >= 15 is 0 Å². The third-order valence-corrected chi connectivity index (χ3v) is 2.47. The maximum absolute atomic E-state index is 11.2.